The van der Waals surface area contributed by atoms with Crippen molar-refractivity contribution in [1.82, 2.24) is 30.1 Å². The van der Waals surface area contributed by atoms with Gasteiger partial charge in [-0.25, -0.2) is 14.8 Å². The first-order valence-corrected chi connectivity index (χ1v) is 20.6. The third-order valence-corrected chi connectivity index (χ3v) is 11.1. The number of methoxy groups -OCH3 is 1. The summed E-state index contributed by atoms with van der Waals surface area (Å²) in [5, 5.41) is 5.37. The number of alkyl halides is 3. The molecule has 0 aliphatic carbocycles. The lowest BCUT2D eigenvalue weighted by molar-refractivity contribution is -0.274. The molecule has 2 aromatic carbocycles. The van der Waals surface area contributed by atoms with Gasteiger partial charge in [0.1, 0.15) is 23.4 Å². The van der Waals surface area contributed by atoms with Crippen molar-refractivity contribution >= 4 is 35.3 Å². The zero-order chi connectivity index (χ0) is 45.3. The molecule has 62 heavy (non-hydrogen) atoms. The largest absolute Gasteiger partial charge is 0.573 e. The number of ether oxygens (including phenoxy) is 2. The fourth-order valence-electron chi connectivity index (χ4n) is 8.01. The Bertz CT molecular complexity index is 2270. The van der Waals surface area contributed by atoms with E-state index in [-0.39, 0.29) is 40.3 Å². The lowest BCUT2D eigenvalue weighted by Gasteiger charge is -2.42. The van der Waals surface area contributed by atoms with Gasteiger partial charge in [-0.3, -0.25) is 14.4 Å². The van der Waals surface area contributed by atoms with Crippen molar-refractivity contribution in [2.45, 2.75) is 86.3 Å². The monoisotopic (exact) mass is 860 g/mol. The summed E-state index contributed by atoms with van der Waals surface area (Å²) in [4.78, 5) is 70.2. The van der Waals surface area contributed by atoms with E-state index < -0.39 is 41.6 Å². The fourth-order valence-corrected chi connectivity index (χ4v) is 8.01. The molecule has 2 aliphatic rings. The summed E-state index contributed by atoms with van der Waals surface area (Å²) in [7, 11) is 1.24. The molecule has 14 nitrogen and oxygen atoms in total. The van der Waals surface area contributed by atoms with Crippen LogP contribution in [0.3, 0.4) is 0 Å². The van der Waals surface area contributed by atoms with Gasteiger partial charge in [0.05, 0.1) is 36.9 Å². The summed E-state index contributed by atoms with van der Waals surface area (Å²) in [6, 6.07) is 12.8. The van der Waals surface area contributed by atoms with Gasteiger partial charge in [0.15, 0.2) is 0 Å². The van der Waals surface area contributed by atoms with Crippen molar-refractivity contribution in [2.75, 3.05) is 43.5 Å². The molecule has 3 N–H and O–H groups in total. The van der Waals surface area contributed by atoms with Crippen molar-refractivity contribution in [3.63, 3.8) is 0 Å². The van der Waals surface area contributed by atoms with Crippen LogP contribution in [0.4, 0.5) is 29.5 Å². The van der Waals surface area contributed by atoms with E-state index in [0.717, 1.165) is 6.07 Å². The summed E-state index contributed by atoms with van der Waals surface area (Å²) in [5.74, 6) is -0.341. The number of nitrogens with one attached hydrogen (secondary N) is 3. The first-order valence-electron chi connectivity index (χ1n) is 20.6. The third kappa shape index (κ3) is 10.5. The number of aromatic amines is 1. The van der Waals surface area contributed by atoms with E-state index in [0.29, 0.717) is 66.8 Å². The summed E-state index contributed by atoms with van der Waals surface area (Å²) in [5.41, 5.74) is 1.42. The van der Waals surface area contributed by atoms with E-state index in [1.807, 2.05) is 46.4 Å². The Kier molecular flexibility index (Phi) is 13.0. The van der Waals surface area contributed by atoms with Gasteiger partial charge in [-0.2, -0.15) is 0 Å². The molecule has 2 aliphatic heterocycles. The number of pyridine rings is 1. The molecular formula is C45H55F3N8O6. The van der Waals surface area contributed by atoms with E-state index in [2.05, 4.69) is 49.1 Å². The number of anilines is 2. The molecule has 2 saturated heterocycles. The number of nitrogens with zero attached hydrogens (tertiary/aromatic N) is 5. The van der Waals surface area contributed by atoms with Crippen molar-refractivity contribution in [3.05, 3.63) is 78.4 Å². The molecule has 0 bridgehead atoms. The molecule has 4 heterocycles. The molecule has 332 valence electrons. The van der Waals surface area contributed by atoms with E-state index in [4.69, 9.17) is 4.74 Å². The number of piperazine rings is 1. The third-order valence-electron chi connectivity index (χ3n) is 11.1. The standard InChI is InChI=1S/C45H55F3N8O6/c1-26(2)37(53-42(60)61-9)40(58)56-25-44(7,8)21-34(56)38-50-23-33(52-38)29-12-10-28(11-13-29)32-16-14-30(20-35(32)62-45(46,47)48)39(57)51-31-15-17-36(49-22-31)55-19-18-54(24-27(55)3)41(59)43(4,5)6/h10-17,20,22-23,26-27,34,37H,18-19,21,24-25H2,1-9H3,(H,50,52)(H,51,57)(H,53,60)/t27-,34+,37+/m1/s1. The minimum Gasteiger partial charge on any atom is -0.453 e. The summed E-state index contributed by atoms with van der Waals surface area (Å²) >= 11 is 0. The number of hydrogen-bond donors (Lipinski definition) is 3. The molecular weight excluding hydrogens is 806 g/mol. The zero-order valence-corrected chi connectivity index (χ0v) is 36.5. The highest BCUT2D eigenvalue weighted by molar-refractivity contribution is 6.05. The molecule has 4 amide bonds. The number of carbonyl (C=O) groups excluding carboxylic acids is 4. The highest BCUT2D eigenvalue weighted by Gasteiger charge is 2.45. The van der Waals surface area contributed by atoms with E-state index in [1.54, 1.807) is 47.5 Å². The van der Waals surface area contributed by atoms with Crippen LogP contribution in [0.25, 0.3) is 22.4 Å². The number of likely N-dealkylation sites (tertiary alicyclic amines) is 1. The highest BCUT2D eigenvalue weighted by atomic mass is 19.4. The lowest BCUT2D eigenvalue weighted by atomic mass is 9.90. The Labute approximate surface area is 359 Å². The molecule has 3 atom stereocenters. The van der Waals surface area contributed by atoms with Gasteiger partial charge in [0, 0.05) is 48.8 Å². The number of amides is 4. The number of alkyl carbamates (subject to hydrolysis) is 1. The number of imidazole rings is 1. The second-order valence-corrected chi connectivity index (χ2v) is 18.1. The average molecular weight is 861 g/mol. The van der Waals surface area contributed by atoms with Crippen LogP contribution in [0.1, 0.15) is 84.0 Å². The summed E-state index contributed by atoms with van der Waals surface area (Å²) < 4.78 is 50.4. The molecule has 0 spiro atoms. The molecule has 0 saturated carbocycles. The van der Waals surface area contributed by atoms with Crippen LogP contribution >= 0.6 is 0 Å². The Morgan fingerprint density at radius 3 is 2.23 bits per heavy atom. The predicted octanol–water partition coefficient (Wildman–Crippen LogP) is 8.05. The van der Waals surface area contributed by atoms with Crippen LogP contribution in [0, 0.1) is 16.7 Å². The Morgan fingerprint density at radius 1 is 0.935 bits per heavy atom. The topological polar surface area (TPSA) is 162 Å². The van der Waals surface area contributed by atoms with Gasteiger partial charge >= 0.3 is 12.5 Å². The quantitative estimate of drug-likeness (QED) is 0.143. The lowest BCUT2D eigenvalue weighted by Crippen LogP contribution is -2.56. The fraction of sp³-hybridized carbons (Fsp3) is 0.467. The van der Waals surface area contributed by atoms with E-state index >= 15 is 0 Å². The molecule has 2 aromatic heterocycles. The predicted molar refractivity (Wildman–Crippen MR) is 228 cm³/mol. The maximum absolute atomic E-state index is 13.8. The minimum absolute atomic E-state index is 0.00501. The van der Waals surface area contributed by atoms with Gasteiger partial charge in [-0.1, -0.05) is 72.7 Å². The minimum atomic E-state index is -5.03. The van der Waals surface area contributed by atoms with E-state index in [9.17, 15) is 32.3 Å². The van der Waals surface area contributed by atoms with Crippen LogP contribution in [-0.4, -0.2) is 100 Å². The van der Waals surface area contributed by atoms with Gasteiger partial charge in [-0.15, -0.1) is 13.2 Å². The van der Waals surface area contributed by atoms with Gasteiger partial charge in [0.25, 0.3) is 5.91 Å². The Morgan fingerprint density at radius 2 is 1.63 bits per heavy atom. The second kappa shape index (κ2) is 17.7. The number of hydrogen-bond acceptors (Lipinski definition) is 9. The van der Waals surface area contributed by atoms with Gasteiger partial charge < -0.3 is 39.8 Å². The summed E-state index contributed by atoms with van der Waals surface area (Å²) in [6.07, 6.45) is -1.99. The molecule has 4 aromatic rings. The highest BCUT2D eigenvalue weighted by Crippen LogP contribution is 2.43. The first-order chi connectivity index (χ1) is 29.0. The van der Waals surface area contributed by atoms with Crippen LogP contribution in [0.5, 0.6) is 5.75 Å². The number of halogens is 3. The molecule has 6 rings (SSSR count). The van der Waals surface area contributed by atoms with Crippen LogP contribution in [0.15, 0.2) is 67.0 Å². The van der Waals surface area contributed by atoms with Crippen LogP contribution < -0.4 is 20.3 Å². The average Bonchev–Trinajstić information content (AvgIpc) is 3.83. The second-order valence-electron chi connectivity index (χ2n) is 18.1. The van der Waals surface area contributed by atoms with Gasteiger partial charge in [-0.05, 0) is 66.1 Å². The van der Waals surface area contributed by atoms with Crippen LogP contribution in [-0.2, 0) is 14.3 Å². The number of benzene rings is 2. The SMILES string of the molecule is COC(=O)N[C@H](C(=O)N1CC(C)(C)C[C@H]1c1ncc(-c2ccc(-c3ccc(C(=O)Nc4ccc(N5CCN(C(=O)C(C)(C)C)C[C@H]5C)nc4)cc3OC(F)(F)F)cc2)[nH]1)C(C)C. The Balaban J connectivity index is 1.16. The van der Waals surface area contributed by atoms with E-state index in [1.165, 1.54) is 25.4 Å². The van der Waals surface area contributed by atoms with Crippen molar-refractivity contribution in [1.29, 1.82) is 0 Å². The zero-order valence-electron chi connectivity index (χ0n) is 36.5. The normalized spacial score (nSPS) is 18.4. The Hall–Kier alpha value is -6.13. The molecule has 17 heteroatoms. The number of carbonyl (C=O) groups is 4. The van der Waals surface area contributed by atoms with Crippen molar-refractivity contribution in [2.24, 2.45) is 16.7 Å². The van der Waals surface area contributed by atoms with Gasteiger partial charge in [0.2, 0.25) is 11.8 Å². The molecule has 0 radical (unpaired) electrons. The molecule has 0 unspecified atom stereocenters. The van der Waals surface area contributed by atoms with Crippen molar-refractivity contribution < 1.29 is 41.8 Å². The smallest absolute Gasteiger partial charge is 0.453 e. The number of rotatable bonds is 10. The number of aromatic nitrogens is 3. The maximum Gasteiger partial charge on any atom is 0.573 e. The maximum atomic E-state index is 13.8. The van der Waals surface area contributed by atoms with Crippen molar-refractivity contribution in [3.8, 4) is 28.1 Å². The van der Waals surface area contributed by atoms with Crippen LogP contribution in [0.2, 0.25) is 0 Å². The molecule has 2 fully saturated rings. The number of H-pyrrole nitrogens is 1. The summed E-state index contributed by atoms with van der Waals surface area (Å²) in [6.45, 7) is 17.6. The first kappa shape index (κ1) is 45.4.